The second kappa shape index (κ2) is 5.70. The van der Waals surface area contributed by atoms with Crippen molar-refractivity contribution >= 4 is 21.7 Å². The molecule has 20 heavy (non-hydrogen) atoms. The molecule has 0 spiro atoms. The van der Waals surface area contributed by atoms with Gasteiger partial charge in [-0.15, -0.1) is 0 Å². The Hall–Kier alpha value is -1.76. The highest BCUT2D eigenvalue weighted by Gasteiger charge is 2.44. The molecule has 7 heteroatoms. The van der Waals surface area contributed by atoms with Crippen molar-refractivity contribution in [3.8, 4) is 5.75 Å². The van der Waals surface area contributed by atoms with E-state index in [1.54, 1.807) is 38.3 Å². The van der Waals surface area contributed by atoms with Crippen LogP contribution in [0.3, 0.4) is 0 Å². The smallest absolute Gasteiger partial charge is 0.326 e. The minimum atomic E-state index is -3.70. The molecule has 0 saturated carbocycles. The summed E-state index contributed by atoms with van der Waals surface area (Å²) in [6.07, 6.45) is 0.243. The van der Waals surface area contributed by atoms with Crippen LogP contribution in [-0.4, -0.2) is 39.9 Å². The van der Waals surface area contributed by atoms with Crippen molar-refractivity contribution in [2.24, 2.45) is 0 Å². The Balaban J connectivity index is 2.24. The minimum absolute atomic E-state index is 0.174. The number of carbonyl (C=O) groups is 1. The van der Waals surface area contributed by atoms with Crippen LogP contribution in [0.4, 0.5) is 5.69 Å². The van der Waals surface area contributed by atoms with Gasteiger partial charge in [0.05, 0.1) is 19.4 Å². The molecule has 1 saturated heterocycles. The summed E-state index contributed by atoms with van der Waals surface area (Å²) in [5.74, 6) is -0.0317. The molecule has 0 aliphatic carbocycles. The van der Waals surface area contributed by atoms with Gasteiger partial charge in [0.1, 0.15) is 5.75 Å². The van der Waals surface area contributed by atoms with E-state index in [0.717, 1.165) is 0 Å². The number of benzene rings is 1. The monoisotopic (exact) mass is 299 g/mol. The number of nitrogens with zero attached hydrogens (tertiary/aromatic N) is 1. The predicted molar refractivity (Wildman–Crippen MR) is 74.3 cm³/mol. The fourth-order valence-corrected chi connectivity index (χ4v) is 3.96. The Morgan fingerprint density at radius 2 is 2.00 bits per heavy atom. The van der Waals surface area contributed by atoms with E-state index >= 15 is 0 Å². The van der Waals surface area contributed by atoms with Crippen LogP contribution >= 0.6 is 0 Å². The zero-order valence-electron chi connectivity index (χ0n) is 11.4. The lowest BCUT2D eigenvalue weighted by Gasteiger charge is -2.18. The molecule has 1 unspecified atom stereocenters. The molecule has 0 N–H and O–H groups in total. The van der Waals surface area contributed by atoms with E-state index in [1.165, 1.54) is 4.31 Å². The van der Waals surface area contributed by atoms with Crippen molar-refractivity contribution in [1.29, 1.82) is 0 Å². The van der Waals surface area contributed by atoms with Gasteiger partial charge in [0.2, 0.25) is 10.0 Å². The number of anilines is 1. The third-order valence-corrected chi connectivity index (χ3v) is 5.33. The standard InChI is InChI=1S/C13H17NO5S/c1-3-19-13(15)12-8-9-14(20(12,16)17)10-4-6-11(18-2)7-5-10/h4-7,12H,3,8-9H2,1-2H3. The second-order valence-electron chi connectivity index (χ2n) is 4.34. The lowest BCUT2D eigenvalue weighted by Crippen LogP contribution is -2.34. The van der Waals surface area contributed by atoms with Crippen LogP contribution < -0.4 is 9.04 Å². The molecule has 1 atom stereocenters. The van der Waals surface area contributed by atoms with Crippen LogP contribution in [0.5, 0.6) is 5.75 Å². The van der Waals surface area contributed by atoms with Gasteiger partial charge in [-0.25, -0.2) is 8.42 Å². The lowest BCUT2D eigenvalue weighted by atomic mass is 10.2. The molecule has 0 aromatic heterocycles. The van der Waals surface area contributed by atoms with Crippen LogP contribution in [0.15, 0.2) is 24.3 Å². The van der Waals surface area contributed by atoms with E-state index in [0.29, 0.717) is 11.4 Å². The third kappa shape index (κ3) is 2.58. The molecule has 0 amide bonds. The van der Waals surface area contributed by atoms with E-state index in [4.69, 9.17) is 9.47 Å². The maximum absolute atomic E-state index is 12.4. The molecule has 1 aromatic carbocycles. The zero-order chi connectivity index (χ0) is 14.8. The molecular formula is C13H17NO5S. The van der Waals surface area contributed by atoms with Crippen LogP contribution in [0.1, 0.15) is 13.3 Å². The number of hydrogen-bond acceptors (Lipinski definition) is 5. The molecule has 2 rings (SSSR count). The number of esters is 1. The SMILES string of the molecule is CCOC(=O)C1CCN(c2ccc(OC)cc2)S1(=O)=O. The molecule has 1 fully saturated rings. The molecule has 0 radical (unpaired) electrons. The summed E-state index contributed by atoms with van der Waals surface area (Å²) in [5, 5.41) is -1.11. The van der Waals surface area contributed by atoms with Gasteiger partial charge in [0.25, 0.3) is 0 Å². The first-order valence-electron chi connectivity index (χ1n) is 6.33. The summed E-state index contributed by atoms with van der Waals surface area (Å²) in [5.41, 5.74) is 0.526. The van der Waals surface area contributed by atoms with E-state index in [9.17, 15) is 13.2 Å². The van der Waals surface area contributed by atoms with Gasteiger partial charge in [-0.2, -0.15) is 0 Å². The Morgan fingerprint density at radius 1 is 1.35 bits per heavy atom. The summed E-state index contributed by atoms with van der Waals surface area (Å²) in [6.45, 7) is 2.10. The molecular weight excluding hydrogens is 282 g/mol. The first kappa shape index (κ1) is 14.6. The van der Waals surface area contributed by atoms with Crippen molar-refractivity contribution < 1.29 is 22.7 Å². The predicted octanol–water partition coefficient (Wildman–Crippen LogP) is 1.17. The summed E-state index contributed by atoms with van der Waals surface area (Å²) in [4.78, 5) is 11.7. The van der Waals surface area contributed by atoms with Gasteiger partial charge >= 0.3 is 5.97 Å². The number of carbonyl (C=O) groups excluding carboxylic acids is 1. The average Bonchev–Trinajstić information content (AvgIpc) is 2.74. The molecule has 6 nitrogen and oxygen atoms in total. The Labute approximate surface area is 118 Å². The summed E-state index contributed by atoms with van der Waals surface area (Å²) in [6, 6.07) is 6.68. The number of rotatable bonds is 4. The van der Waals surface area contributed by atoms with E-state index < -0.39 is 21.2 Å². The molecule has 110 valence electrons. The molecule has 1 aromatic rings. The highest BCUT2D eigenvalue weighted by Crippen LogP contribution is 2.30. The minimum Gasteiger partial charge on any atom is -0.497 e. The number of ether oxygens (including phenoxy) is 2. The van der Waals surface area contributed by atoms with Gasteiger partial charge in [-0.1, -0.05) is 0 Å². The highest BCUT2D eigenvalue weighted by atomic mass is 32.2. The van der Waals surface area contributed by atoms with Crippen molar-refractivity contribution in [2.45, 2.75) is 18.6 Å². The Bertz CT molecular complexity index is 581. The zero-order valence-corrected chi connectivity index (χ0v) is 12.2. The topological polar surface area (TPSA) is 72.9 Å². The van der Waals surface area contributed by atoms with E-state index in [1.807, 2.05) is 0 Å². The maximum atomic E-state index is 12.4. The fourth-order valence-electron chi connectivity index (χ4n) is 2.16. The van der Waals surface area contributed by atoms with E-state index in [2.05, 4.69) is 0 Å². The van der Waals surface area contributed by atoms with Gasteiger partial charge in [0, 0.05) is 6.54 Å². The van der Waals surface area contributed by atoms with Crippen LogP contribution in [0, 0.1) is 0 Å². The molecule has 1 heterocycles. The lowest BCUT2D eigenvalue weighted by molar-refractivity contribution is -0.142. The largest absolute Gasteiger partial charge is 0.497 e. The average molecular weight is 299 g/mol. The van der Waals surface area contributed by atoms with Crippen molar-refractivity contribution in [3.05, 3.63) is 24.3 Å². The Kier molecular flexibility index (Phi) is 4.17. The molecule has 1 aliphatic heterocycles. The Morgan fingerprint density at radius 3 is 2.55 bits per heavy atom. The van der Waals surface area contributed by atoms with Crippen LogP contribution in [0.25, 0.3) is 0 Å². The van der Waals surface area contributed by atoms with Gasteiger partial charge < -0.3 is 9.47 Å². The number of methoxy groups -OCH3 is 1. The summed E-state index contributed by atoms with van der Waals surface area (Å²) < 4.78 is 35.8. The fraction of sp³-hybridized carbons (Fsp3) is 0.462. The van der Waals surface area contributed by atoms with E-state index in [-0.39, 0.29) is 19.6 Å². The third-order valence-electron chi connectivity index (χ3n) is 3.17. The first-order valence-corrected chi connectivity index (χ1v) is 7.83. The van der Waals surface area contributed by atoms with Gasteiger partial charge in [0.15, 0.2) is 5.25 Å². The summed E-state index contributed by atoms with van der Waals surface area (Å²) in [7, 11) is -2.16. The second-order valence-corrected chi connectivity index (χ2v) is 6.38. The first-order chi connectivity index (χ1) is 9.50. The van der Waals surface area contributed by atoms with Gasteiger partial charge in [-0.05, 0) is 37.6 Å². The van der Waals surface area contributed by atoms with Crippen molar-refractivity contribution in [1.82, 2.24) is 0 Å². The molecule has 0 bridgehead atoms. The quantitative estimate of drug-likeness (QED) is 0.780. The van der Waals surface area contributed by atoms with Crippen LogP contribution in [0.2, 0.25) is 0 Å². The normalized spacial score (nSPS) is 20.7. The van der Waals surface area contributed by atoms with Crippen LogP contribution in [-0.2, 0) is 19.6 Å². The van der Waals surface area contributed by atoms with Crippen molar-refractivity contribution in [2.75, 3.05) is 24.6 Å². The maximum Gasteiger partial charge on any atom is 0.326 e. The van der Waals surface area contributed by atoms with Gasteiger partial charge in [-0.3, -0.25) is 9.10 Å². The van der Waals surface area contributed by atoms with Crippen molar-refractivity contribution in [3.63, 3.8) is 0 Å². The number of hydrogen-bond donors (Lipinski definition) is 0. The number of sulfonamides is 1. The molecule has 1 aliphatic rings. The highest BCUT2D eigenvalue weighted by molar-refractivity contribution is 7.94. The summed E-state index contributed by atoms with van der Waals surface area (Å²) >= 11 is 0.